The first-order chi connectivity index (χ1) is 15.9. The predicted octanol–water partition coefficient (Wildman–Crippen LogP) is 5.12. The molecular formula is C22H19F5N4O2S. The fourth-order valence-electron chi connectivity index (χ4n) is 3.91. The summed E-state index contributed by atoms with van der Waals surface area (Å²) < 4.78 is 95.6. The van der Waals surface area contributed by atoms with Crippen molar-refractivity contribution in [3.63, 3.8) is 0 Å². The molecule has 0 unspecified atom stereocenters. The molecule has 34 heavy (non-hydrogen) atoms. The van der Waals surface area contributed by atoms with Gasteiger partial charge in [-0.05, 0) is 51.3 Å². The lowest BCUT2D eigenvalue weighted by Gasteiger charge is -2.30. The van der Waals surface area contributed by atoms with E-state index in [9.17, 15) is 31.2 Å². The molecule has 0 spiro atoms. The van der Waals surface area contributed by atoms with E-state index in [0.29, 0.717) is 19.8 Å². The van der Waals surface area contributed by atoms with Crippen LogP contribution in [0.4, 0.5) is 22.0 Å². The molecule has 1 atom stereocenters. The van der Waals surface area contributed by atoms with E-state index in [2.05, 4.69) is 4.98 Å². The Balaban J connectivity index is 1.86. The zero-order valence-corrected chi connectivity index (χ0v) is 18.9. The van der Waals surface area contributed by atoms with Gasteiger partial charge in [0.1, 0.15) is 22.8 Å². The van der Waals surface area contributed by atoms with E-state index >= 15 is 4.39 Å². The molecule has 0 aliphatic heterocycles. The lowest BCUT2D eigenvalue weighted by Crippen LogP contribution is -2.42. The van der Waals surface area contributed by atoms with Crippen LogP contribution < -0.4 is 4.72 Å². The molecule has 1 saturated carbocycles. The van der Waals surface area contributed by atoms with E-state index in [-0.39, 0.29) is 39.5 Å². The molecular weight excluding hydrogens is 479 g/mol. The van der Waals surface area contributed by atoms with Crippen molar-refractivity contribution in [3.8, 4) is 17.5 Å². The molecule has 180 valence electrons. The summed E-state index contributed by atoms with van der Waals surface area (Å²) in [5.41, 5.74) is 0.161. The highest BCUT2D eigenvalue weighted by Crippen LogP contribution is 2.43. The summed E-state index contributed by atoms with van der Waals surface area (Å²) >= 11 is 0. The number of fused-ring (bicyclic) bond motifs is 1. The molecule has 0 radical (unpaired) electrons. The molecule has 2 aromatic heterocycles. The number of halogens is 5. The highest BCUT2D eigenvalue weighted by atomic mass is 32.2. The van der Waals surface area contributed by atoms with E-state index in [1.165, 1.54) is 13.0 Å². The SMILES string of the molecule is Cc1c(F)cc2c(C#N)c(-c3ccc(S(=O)(=O)N[C@H](C)C(F)(F)F)cn3)n(C3CCC3)c2c1F. The van der Waals surface area contributed by atoms with E-state index < -0.39 is 38.8 Å². The van der Waals surface area contributed by atoms with Gasteiger partial charge in [-0.25, -0.2) is 17.2 Å². The quantitative estimate of drug-likeness (QED) is 0.495. The van der Waals surface area contributed by atoms with Crippen molar-refractivity contribution in [2.75, 3.05) is 0 Å². The average molecular weight is 498 g/mol. The largest absolute Gasteiger partial charge is 0.404 e. The Morgan fingerprint density at radius 3 is 2.44 bits per heavy atom. The number of hydrogen-bond donors (Lipinski definition) is 1. The van der Waals surface area contributed by atoms with Gasteiger partial charge in [-0.3, -0.25) is 4.98 Å². The number of rotatable bonds is 5. The number of alkyl halides is 3. The topological polar surface area (TPSA) is 87.8 Å². The third-order valence-electron chi connectivity index (χ3n) is 6.07. The smallest absolute Gasteiger partial charge is 0.333 e. The van der Waals surface area contributed by atoms with Crippen molar-refractivity contribution in [2.24, 2.45) is 0 Å². The van der Waals surface area contributed by atoms with Gasteiger partial charge >= 0.3 is 6.18 Å². The van der Waals surface area contributed by atoms with Gasteiger partial charge < -0.3 is 4.57 Å². The highest BCUT2D eigenvalue weighted by molar-refractivity contribution is 7.89. The third kappa shape index (κ3) is 3.92. The Morgan fingerprint density at radius 1 is 1.26 bits per heavy atom. The molecule has 0 amide bonds. The fraction of sp³-hybridized carbons (Fsp3) is 0.364. The summed E-state index contributed by atoms with van der Waals surface area (Å²) in [5.74, 6) is -1.60. The first-order valence-electron chi connectivity index (χ1n) is 10.3. The summed E-state index contributed by atoms with van der Waals surface area (Å²) in [4.78, 5) is 3.57. The van der Waals surface area contributed by atoms with E-state index in [0.717, 1.165) is 24.8 Å². The Hall–Kier alpha value is -3.04. The van der Waals surface area contributed by atoms with Crippen LogP contribution in [0.15, 0.2) is 29.3 Å². The molecule has 1 aromatic carbocycles. The molecule has 6 nitrogen and oxygen atoms in total. The Kier molecular flexibility index (Phi) is 5.90. The monoisotopic (exact) mass is 498 g/mol. The second-order valence-corrected chi connectivity index (χ2v) is 9.96. The van der Waals surface area contributed by atoms with Gasteiger partial charge in [-0.15, -0.1) is 0 Å². The lowest BCUT2D eigenvalue weighted by atomic mass is 9.92. The predicted molar refractivity (Wildman–Crippen MR) is 113 cm³/mol. The molecule has 1 fully saturated rings. The van der Waals surface area contributed by atoms with Crippen molar-refractivity contribution in [2.45, 2.75) is 56.3 Å². The summed E-state index contributed by atoms with van der Waals surface area (Å²) in [5, 5.41) is 9.90. The normalized spacial score (nSPS) is 15.8. The number of nitriles is 1. The Bertz CT molecular complexity index is 1420. The standard InChI is InChI=1S/C22H19F5N4O2S/c1-11-17(23)8-15-16(9-28)20(31(13-4-3-5-13)21(15)19(11)24)18-7-6-14(10-29-18)34(32,33)30-12(2)22(25,26)27/h6-8,10,12-13,30H,3-5H2,1-2H3/t12-/m1/s1. The molecule has 2 heterocycles. The number of benzene rings is 1. The number of nitrogens with zero attached hydrogens (tertiary/aromatic N) is 3. The first kappa shape index (κ1) is 24.1. The van der Waals surface area contributed by atoms with Crippen LogP contribution in [0.5, 0.6) is 0 Å². The van der Waals surface area contributed by atoms with Crippen LogP contribution in [0.3, 0.4) is 0 Å². The molecule has 3 aromatic rings. The molecule has 1 aliphatic carbocycles. The minimum absolute atomic E-state index is 0.0216. The van der Waals surface area contributed by atoms with E-state index in [1.807, 2.05) is 6.07 Å². The van der Waals surface area contributed by atoms with Crippen LogP contribution in [0, 0.1) is 29.9 Å². The second-order valence-electron chi connectivity index (χ2n) is 8.25. The van der Waals surface area contributed by atoms with Gasteiger partial charge in [-0.2, -0.15) is 23.2 Å². The summed E-state index contributed by atoms with van der Waals surface area (Å²) in [6.45, 7) is 1.96. The number of nitrogens with one attached hydrogen (secondary N) is 1. The maximum atomic E-state index is 15.2. The minimum atomic E-state index is -4.77. The van der Waals surface area contributed by atoms with Crippen molar-refractivity contribution < 1.29 is 30.4 Å². The lowest BCUT2D eigenvalue weighted by molar-refractivity contribution is -0.147. The number of pyridine rings is 1. The minimum Gasteiger partial charge on any atom is -0.333 e. The van der Waals surface area contributed by atoms with Gasteiger partial charge in [0.25, 0.3) is 0 Å². The summed E-state index contributed by atoms with van der Waals surface area (Å²) in [6, 6.07) is 2.87. The van der Waals surface area contributed by atoms with Crippen molar-refractivity contribution in [3.05, 3.63) is 47.2 Å². The molecule has 1 aliphatic rings. The van der Waals surface area contributed by atoms with Crippen LogP contribution in [0.1, 0.15) is 43.4 Å². The fourth-order valence-corrected chi connectivity index (χ4v) is 5.09. The average Bonchev–Trinajstić information content (AvgIpc) is 3.03. The van der Waals surface area contributed by atoms with Crippen LogP contribution in [-0.2, 0) is 10.0 Å². The van der Waals surface area contributed by atoms with Crippen LogP contribution in [0.2, 0.25) is 0 Å². The van der Waals surface area contributed by atoms with Gasteiger partial charge in [0, 0.05) is 23.2 Å². The van der Waals surface area contributed by atoms with Gasteiger partial charge in [0.15, 0.2) is 5.82 Å². The summed E-state index contributed by atoms with van der Waals surface area (Å²) in [7, 11) is -4.53. The molecule has 12 heteroatoms. The first-order valence-corrected chi connectivity index (χ1v) is 11.8. The van der Waals surface area contributed by atoms with Gasteiger partial charge in [-0.1, -0.05) is 0 Å². The highest BCUT2D eigenvalue weighted by Gasteiger charge is 2.39. The van der Waals surface area contributed by atoms with Crippen LogP contribution in [0.25, 0.3) is 22.3 Å². The van der Waals surface area contributed by atoms with Crippen LogP contribution >= 0.6 is 0 Å². The number of aromatic nitrogens is 2. The zero-order valence-electron chi connectivity index (χ0n) is 18.0. The van der Waals surface area contributed by atoms with Gasteiger partial charge in [0.05, 0.1) is 22.5 Å². The number of sulfonamides is 1. The Labute approximate surface area is 192 Å². The molecule has 1 N–H and O–H groups in total. The maximum Gasteiger partial charge on any atom is 0.404 e. The molecule has 0 saturated heterocycles. The molecule has 0 bridgehead atoms. The van der Waals surface area contributed by atoms with Crippen molar-refractivity contribution >= 4 is 20.9 Å². The number of hydrogen-bond acceptors (Lipinski definition) is 4. The van der Waals surface area contributed by atoms with Crippen LogP contribution in [-0.4, -0.2) is 30.2 Å². The molecule has 4 rings (SSSR count). The van der Waals surface area contributed by atoms with E-state index in [1.54, 1.807) is 9.29 Å². The third-order valence-corrected chi connectivity index (χ3v) is 7.60. The van der Waals surface area contributed by atoms with Crippen molar-refractivity contribution in [1.82, 2.24) is 14.3 Å². The summed E-state index contributed by atoms with van der Waals surface area (Å²) in [6.07, 6.45) is -1.64. The second kappa shape index (κ2) is 8.32. The zero-order chi connectivity index (χ0) is 25.0. The van der Waals surface area contributed by atoms with Gasteiger partial charge in [0.2, 0.25) is 10.0 Å². The van der Waals surface area contributed by atoms with E-state index in [4.69, 9.17) is 0 Å². The maximum absolute atomic E-state index is 15.2. The Morgan fingerprint density at radius 2 is 1.94 bits per heavy atom. The van der Waals surface area contributed by atoms with Crippen molar-refractivity contribution in [1.29, 1.82) is 5.26 Å².